The molecule has 3 N–H and O–H groups in total. The van der Waals surface area contributed by atoms with E-state index in [1.807, 2.05) is 22.6 Å². The van der Waals surface area contributed by atoms with E-state index in [0.717, 1.165) is 22.4 Å². The number of nitrogens with zero attached hydrogens (tertiary/aromatic N) is 2. The lowest BCUT2D eigenvalue weighted by atomic mass is 10.1. The summed E-state index contributed by atoms with van der Waals surface area (Å²) in [6.45, 7) is 4.23. The van der Waals surface area contributed by atoms with Crippen LogP contribution in [0.2, 0.25) is 0 Å². The van der Waals surface area contributed by atoms with Gasteiger partial charge in [-0.3, -0.25) is 14.4 Å². The number of imidazole rings is 1. The molecule has 108 valence electrons. The van der Waals surface area contributed by atoms with Crippen molar-refractivity contribution in [3.05, 3.63) is 28.5 Å². The second-order valence-corrected chi connectivity index (χ2v) is 5.75. The second kappa shape index (κ2) is 6.23. The number of pyridine rings is 1. The highest BCUT2D eigenvalue weighted by atomic mass is 79.9. The summed E-state index contributed by atoms with van der Waals surface area (Å²) < 4.78 is 2.93. The highest BCUT2D eigenvalue weighted by Gasteiger charge is 2.15. The fourth-order valence-electron chi connectivity index (χ4n) is 2.03. The monoisotopic (exact) mass is 340 g/mol. The zero-order valence-electron chi connectivity index (χ0n) is 11.4. The van der Waals surface area contributed by atoms with E-state index >= 15 is 0 Å². The van der Waals surface area contributed by atoms with Gasteiger partial charge in [-0.1, -0.05) is 19.9 Å². The Morgan fingerprint density at radius 2 is 2.25 bits per heavy atom. The predicted octanol–water partition coefficient (Wildman–Crippen LogP) is 2.21. The average Bonchev–Trinajstić information content (AvgIpc) is 2.74. The third kappa shape index (κ3) is 3.10. The van der Waals surface area contributed by atoms with E-state index in [1.54, 1.807) is 5.48 Å². The number of nitrogens with one attached hydrogen (secondary N) is 2. The molecular weight excluding hydrogens is 324 g/mol. The van der Waals surface area contributed by atoms with Gasteiger partial charge in [-0.05, 0) is 40.4 Å². The summed E-state index contributed by atoms with van der Waals surface area (Å²) in [6, 6.07) is 5.77. The number of hydrogen-bond acceptors (Lipinski definition) is 4. The Bertz CT molecular complexity index is 624. The number of hydroxylamine groups is 1. The van der Waals surface area contributed by atoms with Gasteiger partial charge in [0.15, 0.2) is 0 Å². The first kappa shape index (κ1) is 14.8. The third-order valence-electron chi connectivity index (χ3n) is 2.83. The average molecular weight is 341 g/mol. The molecule has 0 saturated heterocycles. The quantitative estimate of drug-likeness (QED) is 0.443. The maximum atomic E-state index is 11.1. The van der Waals surface area contributed by atoms with Crippen LogP contribution in [0.25, 0.3) is 5.65 Å². The van der Waals surface area contributed by atoms with E-state index in [1.165, 1.54) is 0 Å². The van der Waals surface area contributed by atoms with Gasteiger partial charge in [0.05, 0.1) is 16.8 Å². The molecule has 0 spiro atoms. The lowest BCUT2D eigenvalue weighted by Crippen LogP contribution is -2.27. The molecule has 0 fully saturated rings. The zero-order valence-corrected chi connectivity index (χ0v) is 12.9. The fraction of sp³-hybridized carbons (Fsp3) is 0.385. The standard InChI is InChI=1S/C13H17BrN4O2/c1-8(2)6-9-13(15-7-12(19)17-20)16-11-5-3-4-10(14)18(9)11/h3-5,8,15,20H,6-7H2,1-2H3,(H,17,19). The van der Waals surface area contributed by atoms with Crippen molar-refractivity contribution < 1.29 is 10.0 Å². The maximum Gasteiger partial charge on any atom is 0.262 e. The lowest BCUT2D eigenvalue weighted by molar-refractivity contribution is -0.127. The Labute approximate surface area is 125 Å². The molecule has 0 aliphatic heterocycles. The Morgan fingerprint density at radius 1 is 1.50 bits per heavy atom. The van der Waals surface area contributed by atoms with Gasteiger partial charge < -0.3 is 5.32 Å². The SMILES string of the molecule is CC(C)Cc1c(NCC(=O)NO)nc2cccc(Br)n12. The predicted molar refractivity (Wildman–Crippen MR) is 79.9 cm³/mol. The van der Waals surface area contributed by atoms with Crippen LogP contribution in [0.3, 0.4) is 0 Å². The molecule has 20 heavy (non-hydrogen) atoms. The summed E-state index contributed by atoms with van der Waals surface area (Å²) in [7, 11) is 0. The molecule has 0 unspecified atom stereocenters. The second-order valence-electron chi connectivity index (χ2n) is 4.94. The summed E-state index contributed by atoms with van der Waals surface area (Å²) in [4.78, 5) is 15.6. The molecule has 6 nitrogen and oxygen atoms in total. The van der Waals surface area contributed by atoms with Crippen LogP contribution in [0.15, 0.2) is 22.8 Å². The molecule has 0 saturated carbocycles. The van der Waals surface area contributed by atoms with Gasteiger partial charge in [0.25, 0.3) is 5.91 Å². The number of rotatable bonds is 5. The van der Waals surface area contributed by atoms with Gasteiger partial charge in [-0.15, -0.1) is 0 Å². The highest BCUT2D eigenvalue weighted by molar-refractivity contribution is 9.10. The number of carbonyl (C=O) groups excluding carboxylic acids is 1. The van der Waals surface area contributed by atoms with Gasteiger partial charge in [0.1, 0.15) is 11.5 Å². The van der Waals surface area contributed by atoms with Crippen LogP contribution in [0, 0.1) is 5.92 Å². The third-order valence-corrected chi connectivity index (χ3v) is 3.45. The molecule has 2 aromatic rings. The van der Waals surface area contributed by atoms with Gasteiger partial charge in [0, 0.05) is 0 Å². The number of amides is 1. The molecule has 7 heteroatoms. The van der Waals surface area contributed by atoms with Crippen molar-refractivity contribution in [2.45, 2.75) is 20.3 Å². The first-order valence-electron chi connectivity index (χ1n) is 6.35. The molecule has 0 aromatic carbocycles. The topological polar surface area (TPSA) is 78.7 Å². The van der Waals surface area contributed by atoms with Crippen molar-refractivity contribution in [2.24, 2.45) is 5.92 Å². The van der Waals surface area contributed by atoms with Gasteiger partial charge in [-0.25, -0.2) is 10.5 Å². The van der Waals surface area contributed by atoms with Crippen molar-refractivity contribution >= 4 is 33.3 Å². The van der Waals surface area contributed by atoms with Crippen molar-refractivity contribution in [3.63, 3.8) is 0 Å². The molecule has 0 radical (unpaired) electrons. The van der Waals surface area contributed by atoms with Crippen LogP contribution in [0.4, 0.5) is 5.82 Å². The summed E-state index contributed by atoms with van der Waals surface area (Å²) in [6.07, 6.45) is 0.826. The van der Waals surface area contributed by atoms with Gasteiger partial charge in [0.2, 0.25) is 0 Å². The van der Waals surface area contributed by atoms with Crippen molar-refractivity contribution in [1.82, 2.24) is 14.9 Å². The van der Waals surface area contributed by atoms with Crippen LogP contribution >= 0.6 is 15.9 Å². The first-order valence-corrected chi connectivity index (χ1v) is 7.15. The van der Waals surface area contributed by atoms with Gasteiger partial charge in [-0.2, -0.15) is 0 Å². The molecule has 0 atom stereocenters. The smallest absolute Gasteiger partial charge is 0.262 e. The molecular formula is C13H17BrN4O2. The van der Waals surface area contributed by atoms with E-state index in [-0.39, 0.29) is 6.54 Å². The van der Waals surface area contributed by atoms with Crippen LogP contribution in [-0.2, 0) is 11.2 Å². The van der Waals surface area contributed by atoms with Crippen molar-refractivity contribution in [1.29, 1.82) is 0 Å². The Morgan fingerprint density at radius 3 is 2.90 bits per heavy atom. The normalized spacial score (nSPS) is 11.1. The van der Waals surface area contributed by atoms with Gasteiger partial charge >= 0.3 is 0 Å². The maximum absolute atomic E-state index is 11.1. The Hall–Kier alpha value is -1.60. The van der Waals surface area contributed by atoms with Crippen LogP contribution in [0.5, 0.6) is 0 Å². The number of halogens is 1. The summed E-state index contributed by atoms with van der Waals surface area (Å²) in [5.74, 6) is 0.611. The molecule has 0 bridgehead atoms. The molecule has 1 amide bonds. The lowest BCUT2D eigenvalue weighted by Gasteiger charge is -2.10. The Kier molecular flexibility index (Phi) is 4.61. The molecule has 0 aliphatic carbocycles. The first-order chi connectivity index (χ1) is 9.52. The number of fused-ring (bicyclic) bond motifs is 1. The van der Waals surface area contributed by atoms with Crippen LogP contribution < -0.4 is 10.8 Å². The Balaban J connectivity index is 2.41. The number of carbonyl (C=O) groups is 1. The largest absolute Gasteiger partial charge is 0.359 e. The highest BCUT2D eigenvalue weighted by Crippen LogP contribution is 2.24. The number of hydrogen-bond donors (Lipinski definition) is 3. The summed E-state index contributed by atoms with van der Waals surface area (Å²) in [5, 5.41) is 11.5. The number of anilines is 1. The molecule has 2 aromatic heterocycles. The number of aromatic nitrogens is 2. The van der Waals surface area contributed by atoms with Crippen molar-refractivity contribution in [2.75, 3.05) is 11.9 Å². The van der Waals surface area contributed by atoms with Crippen LogP contribution in [0.1, 0.15) is 19.5 Å². The van der Waals surface area contributed by atoms with Crippen molar-refractivity contribution in [3.8, 4) is 0 Å². The summed E-state index contributed by atoms with van der Waals surface area (Å²) >= 11 is 3.52. The minimum absolute atomic E-state index is 0.0247. The van der Waals surface area contributed by atoms with E-state index in [0.29, 0.717) is 11.7 Å². The molecule has 0 aliphatic rings. The fourth-order valence-corrected chi connectivity index (χ4v) is 2.58. The van der Waals surface area contributed by atoms with E-state index in [9.17, 15) is 4.79 Å². The molecule has 2 rings (SSSR count). The minimum atomic E-state index is -0.503. The van der Waals surface area contributed by atoms with E-state index in [2.05, 4.69) is 40.1 Å². The zero-order chi connectivity index (χ0) is 14.7. The summed E-state index contributed by atoms with van der Waals surface area (Å²) in [5.41, 5.74) is 3.41. The van der Waals surface area contributed by atoms with E-state index < -0.39 is 5.91 Å². The molecule has 2 heterocycles. The van der Waals surface area contributed by atoms with E-state index in [4.69, 9.17) is 5.21 Å². The minimum Gasteiger partial charge on any atom is -0.359 e. The van der Waals surface area contributed by atoms with Crippen LogP contribution in [-0.4, -0.2) is 27.0 Å².